The lowest BCUT2D eigenvalue weighted by Crippen LogP contribution is -2.39. The Hall–Kier alpha value is -2.54. The average molecular weight is 261 g/mol. The summed E-state index contributed by atoms with van der Waals surface area (Å²) < 4.78 is 0. The van der Waals surface area contributed by atoms with Crippen LogP contribution in [0.5, 0.6) is 0 Å². The van der Waals surface area contributed by atoms with Gasteiger partial charge in [-0.15, -0.1) is 0 Å². The van der Waals surface area contributed by atoms with Gasteiger partial charge in [0.05, 0.1) is 6.61 Å². The first-order chi connectivity index (χ1) is 9.15. The fourth-order valence-corrected chi connectivity index (χ4v) is 1.65. The van der Waals surface area contributed by atoms with E-state index in [4.69, 9.17) is 5.11 Å². The molecule has 7 nitrogen and oxygen atoms in total. The molecule has 0 atom stereocenters. The monoisotopic (exact) mass is 261 g/mol. The Labute approximate surface area is 106 Å². The van der Waals surface area contributed by atoms with Crippen molar-refractivity contribution in [3.8, 4) is 0 Å². The molecular formula is C12H11N3O4. The topological polar surface area (TPSA) is 108 Å². The van der Waals surface area contributed by atoms with Gasteiger partial charge in [-0.2, -0.15) is 5.10 Å². The molecule has 0 aliphatic heterocycles. The number of urea groups is 1. The minimum absolute atomic E-state index is 0.0544. The first-order valence-electron chi connectivity index (χ1n) is 5.56. The summed E-state index contributed by atoms with van der Waals surface area (Å²) in [6, 6.07) is 5.66. The number of nitrogens with one attached hydrogen (secondary N) is 2. The van der Waals surface area contributed by atoms with Crippen LogP contribution in [0.25, 0.3) is 10.8 Å². The third-order valence-corrected chi connectivity index (χ3v) is 2.51. The highest BCUT2D eigenvalue weighted by Gasteiger charge is 2.10. The molecular weight excluding hydrogens is 250 g/mol. The summed E-state index contributed by atoms with van der Waals surface area (Å²) in [7, 11) is 0. The van der Waals surface area contributed by atoms with Gasteiger partial charge >= 0.3 is 6.03 Å². The summed E-state index contributed by atoms with van der Waals surface area (Å²) in [6.45, 7) is -0.161. The third kappa shape index (κ3) is 2.50. The molecule has 2 aromatic rings. The summed E-state index contributed by atoms with van der Waals surface area (Å²) in [4.78, 5) is 34.9. The second kappa shape index (κ2) is 5.40. The largest absolute Gasteiger partial charge is 0.395 e. The fraction of sp³-hybridized carbons (Fsp3) is 0.167. The van der Waals surface area contributed by atoms with Crippen LogP contribution >= 0.6 is 0 Å². The van der Waals surface area contributed by atoms with Gasteiger partial charge in [-0.1, -0.05) is 24.3 Å². The van der Waals surface area contributed by atoms with Crippen LogP contribution in [0.15, 0.2) is 39.0 Å². The van der Waals surface area contributed by atoms with E-state index in [0.29, 0.717) is 0 Å². The van der Waals surface area contributed by atoms with Crippen LogP contribution in [0.3, 0.4) is 0 Å². The molecule has 0 spiro atoms. The number of carbonyl (C=O) groups excluding carboxylic acids is 1. The quantitative estimate of drug-likeness (QED) is 0.587. The molecule has 0 bridgehead atoms. The van der Waals surface area contributed by atoms with Crippen molar-refractivity contribution in [3.63, 3.8) is 0 Å². The lowest BCUT2D eigenvalue weighted by Gasteiger charge is -1.99. The van der Waals surface area contributed by atoms with Gasteiger partial charge in [-0.25, -0.2) is 10.2 Å². The maximum atomic E-state index is 11.9. The van der Waals surface area contributed by atoms with Crippen molar-refractivity contribution in [1.29, 1.82) is 0 Å². The minimum Gasteiger partial charge on any atom is -0.395 e. The fourth-order valence-electron chi connectivity index (χ4n) is 1.65. The molecule has 0 unspecified atom stereocenters. The van der Waals surface area contributed by atoms with Crippen LogP contribution < -0.4 is 27.0 Å². The number of aliphatic hydroxyl groups is 1. The molecule has 0 aliphatic rings. The molecule has 0 saturated carbocycles. The van der Waals surface area contributed by atoms with E-state index >= 15 is 0 Å². The Bertz CT molecular complexity index is 709. The van der Waals surface area contributed by atoms with Crippen LogP contribution in [-0.2, 0) is 0 Å². The molecule has 19 heavy (non-hydrogen) atoms. The maximum absolute atomic E-state index is 11.9. The molecule has 0 aromatic heterocycles. The lowest BCUT2D eigenvalue weighted by molar-refractivity contribution is 0.234. The maximum Gasteiger partial charge on any atom is 0.335 e. The van der Waals surface area contributed by atoms with Gasteiger partial charge < -0.3 is 10.4 Å². The van der Waals surface area contributed by atoms with Gasteiger partial charge in [0.2, 0.25) is 10.9 Å². The van der Waals surface area contributed by atoms with Crippen LogP contribution in [0.4, 0.5) is 4.79 Å². The number of nitrogens with zero attached hydrogens (tertiary/aromatic N) is 1. The smallest absolute Gasteiger partial charge is 0.335 e. The van der Waals surface area contributed by atoms with Crippen molar-refractivity contribution < 1.29 is 9.90 Å². The zero-order valence-electron chi connectivity index (χ0n) is 9.84. The van der Waals surface area contributed by atoms with E-state index in [1.54, 1.807) is 12.1 Å². The zero-order valence-corrected chi connectivity index (χ0v) is 9.84. The average Bonchev–Trinajstić information content (AvgIpc) is 2.67. The number of hydrogen-bond acceptors (Lipinski definition) is 5. The number of carbonyl (C=O) groups is 1. The third-order valence-electron chi connectivity index (χ3n) is 2.51. The molecule has 2 amide bonds. The summed E-state index contributed by atoms with van der Waals surface area (Å²) in [6.07, 6.45) is 0. The SMILES string of the molecule is O=C(NCCO)NN=c1c(=O)c2ccccc2c1=O. The summed E-state index contributed by atoms with van der Waals surface area (Å²) in [5.41, 5.74) is 1.02. The van der Waals surface area contributed by atoms with Crippen molar-refractivity contribution in [2.24, 2.45) is 5.10 Å². The summed E-state index contributed by atoms with van der Waals surface area (Å²) >= 11 is 0. The molecule has 0 radical (unpaired) electrons. The number of rotatable bonds is 3. The van der Waals surface area contributed by atoms with Gasteiger partial charge in [0.15, 0.2) is 5.36 Å². The molecule has 0 heterocycles. The predicted molar refractivity (Wildman–Crippen MR) is 68.0 cm³/mol. The Morgan fingerprint density at radius 2 is 1.74 bits per heavy atom. The van der Waals surface area contributed by atoms with E-state index in [2.05, 4.69) is 10.4 Å². The highest BCUT2D eigenvalue weighted by Crippen LogP contribution is 2.01. The number of amides is 2. The summed E-state index contributed by atoms with van der Waals surface area (Å²) in [5.74, 6) is 0. The van der Waals surface area contributed by atoms with Crippen molar-refractivity contribution in [2.75, 3.05) is 13.2 Å². The predicted octanol–water partition coefficient (Wildman–Crippen LogP) is -1.46. The van der Waals surface area contributed by atoms with Crippen molar-refractivity contribution in [2.45, 2.75) is 0 Å². The van der Waals surface area contributed by atoms with Crippen LogP contribution in [0.2, 0.25) is 0 Å². The first-order valence-corrected chi connectivity index (χ1v) is 5.56. The first kappa shape index (κ1) is 12.9. The molecule has 0 aliphatic carbocycles. The van der Waals surface area contributed by atoms with Gasteiger partial charge in [-0.05, 0) is 0 Å². The Kier molecular flexibility index (Phi) is 3.67. The Morgan fingerprint density at radius 3 is 2.26 bits per heavy atom. The number of aliphatic hydroxyl groups excluding tert-OH is 1. The molecule has 2 rings (SSSR count). The highest BCUT2D eigenvalue weighted by molar-refractivity contribution is 5.83. The van der Waals surface area contributed by atoms with E-state index in [0.717, 1.165) is 0 Å². The van der Waals surface area contributed by atoms with E-state index < -0.39 is 16.9 Å². The van der Waals surface area contributed by atoms with Crippen LogP contribution in [0, 0.1) is 0 Å². The number of hydrogen-bond donors (Lipinski definition) is 3. The molecule has 2 aromatic carbocycles. The molecule has 3 N–H and O–H groups in total. The van der Waals surface area contributed by atoms with E-state index in [1.807, 2.05) is 5.43 Å². The van der Waals surface area contributed by atoms with E-state index in [-0.39, 0.29) is 29.3 Å². The van der Waals surface area contributed by atoms with Gasteiger partial charge in [-0.3, -0.25) is 9.59 Å². The van der Waals surface area contributed by atoms with Crippen molar-refractivity contribution in [3.05, 3.63) is 50.1 Å². The second-order valence-corrected chi connectivity index (χ2v) is 3.76. The molecule has 0 saturated heterocycles. The zero-order chi connectivity index (χ0) is 13.8. The molecule has 98 valence electrons. The number of benzene rings is 1. The van der Waals surface area contributed by atoms with Gasteiger partial charge in [0.25, 0.3) is 0 Å². The normalized spacial score (nSPS) is 10.4. The van der Waals surface area contributed by atoms with E-state index in [9.17, 15) is 14.4 Å². The molecule has 0 fully saturated rings. The minimum atomic E-state index is -0.696. The van der Waals surface area contributed by atoms with Crippen LogP contribution in [0.1, 0.15) is 0 Å². The Morgan fingerprint density at radius 1 is 1.16 bits per heavy atom. The standard InChI is InChI=1S/C12H11N3O4/c16-6-5-13-12(19)15-14-9-10(17)7-3-1-2-4-8(7)11(9)18/h1-4,16H,5-6H2,(H2,13,15,19). The lowest BCUT2D eigenvalue weighted by atomic mass is 10.2. The van der Waals surface area contributed by atoms with Gasteiger partial charge in [0.1, 0.15) is 0 Å². The Balaban J connectivity index is 2.38. The van der Waals surface area contributed by atoms with Gasteiger partial charge in [0, 0.05) is 17.3 Å². The number of fused-ring (bicyclic) bond motifs is 1. The highest BCUT2D eigenvalue weighted by atomic mass is 16.3. The van der Waals surface area contributed by atoms with Crippen molar-refractivity contribution in [1.82, 2.24) is 10.7 Å². The second-order valence-electron chi connectivity index (χ2n) is 3.76. The molecule has 7 heteroatoms. The summed E-state index contributed by atoms with van der Waals surface area (Å²) in [5, 5.41) is 14.6. The van der Waals surface area contributed by atoms with Crippen molar-refractivity contribution >= 4 is 16.8 Å². The van der Waals surface area contributed by atoms with Crippen LogP contribution in [-0.4, -0.2) is 24.3 Å². The van der Waals surface area contributed by atoms with E-state index in [1.165, 1.54) is 12.1 Å².